The number of hydrogen-bond acceptors (Lipinski definition) is 4. The Bertz CT molecular complexity index is 490. The van der Waals surface area contributed by atoms with Crippen LogP contribution in [0.3, 0.4) is 0 Å². The topological polar surface area (TPSA) is 81.8 Å². The van der Waals surface area contributed by atoms with E-state index in [9.17, 15) is 14.4 Å². The minimum Gasteiger partial charge on any atom is -0.353 e. The summed E-state index contributed by atoms with van der Waals surface area (Å²) in [5.74, 6) is -0.535. The molecule has 0 aromatic carbocycles. The molecule has 0 radical (unpaired) electrons. The number of nitrogens with one attached hydrogen (secondary N) is 2. The monoisotopic (exact) mass is 338 g/mol. The molecule has 2 aliphatic rings. The maximum atomic E-state index is 12.5. The van der Waals surface area contributed by atoms with E-state index in [1.807, 2.05) is 0 Å². The van der Waals surface area contributed by atoms with E-state index in [0.717, 1.165) is 24.3 Å². The van der Waals surface area contributed by atoms with Crippen LogP contribution in [0.1, 0.15) is 53.4 Å². The highest BCUT2D eigenvalue weighted by atomic mass is 16.2. The molecule has 1 aliphatic carbocycles. The lowest BCUT2D eigenvalue weighted by Crippen LogP contribution is -2.46. The van der Waals surface area contributed by atoms with Crippen molar-refractivity contribution in [2.24, 2.45) is 0 Å². The number of amides is 4. The van der Waals surface area contributed by atoms with Crippen LogP contribution in [0.4, 0.5) is 4.79 Å². The fraction of sp³-hybridized carbons (Fsp3) is 0.824. The number of nitrogens with zero attached hydrogens (tertiary/aromatic N) is 2. The van der Waals surface area contributed by atoms with Gasteiger partial charge in [-0.3, -0.25) is 19.4 Å². The Kier molecular flexibility index (Phi) is 5.85. The summed E-state index contributed by atoms with van der Waals surface area (Å²) in [4.78, 5) is 40.0. The van der Waals surface area contributed by atoms with Crippen molar-refractivity contribution in [3.63, 3.8) is 0 Å². The molecular formula is C17H30N4O3. The molecule has 1 aliphatic heterocycles. The Labute approximate surface area is 144 Å². The molecule has 0 aromatic rings. The second-order valence-electron chi connectivity index (χ2n) is 7.39. The maximum Gasteiger partial charge on any atom is 0.325 e. The van der Waals surface area contributed by atoms with Crippen LogP contribution in [-0.4, -0.2) is 64.9 Å². The summed E-state index contributed by atoms with van der Waals surface area (Å²) in [5, 5.41) is 5.60. The first-order valence-electron chi connectivity index (χ1n) is 8.93. The molecule has 1 heterocycles. The minimum absolute atomic E-state index is 0.199. The van der Waals surface area contributed by atoms with Crippen molar-refractivity contribution in [2.45, 2.75) is 71.0 Å². The van der Waals surface area contributed by atoms with Crippen molar-refractivity contribution in [2.75, 3.05) is 19.6 Å². The Morgan fingerprint density at radius 3 is 2.33 bits per heavy atom. The zero-order chi connectivity index (χ0) is 17.9. The molecule has 1 saturated carbocycles. The maximum absolute atomic E-state index is 12.5. The first-order chi connectivity index (χ1) is 11.3. The smallest absolute Gasteiger partial charge is 0.325 e. The normalized spacial score (nSPS) is 19.9. The van der Waals surface area contributed by atoms with E-state index in [2.05, 4.69) is 43.2 Å². The van der Waals surface area contributed by atoms with Crippen molar-refractivity contribution in [1.29, 1.82) is 0 Å². The predicted molar refractivity (Wildman–Crippen MR) is 91.4 cm³/mol. The van der Waals surface area contributed by atoms with Crippen molar-refractivity contribution in [3.05, 3.63) is 0 Å². The zero-order valence-electron chi connectivity index (χ0n) is 15.2. The van der Waals surface area contributed by atoms with Crippen LogP contribution in [0, 0.1) is 0 Å². The molecule has 24 heavy (non-hydrogen) atoms. The van der Waals surface area contributed by atoms with Gasteiger partial charge in [0.1, 0.15) is 12.1 Å². The van der Waals surface area contributed by atoms with E-state index in [1.165, 1.54) is 0 Å². The van der Waals surface area contributed by atoms with Crippen LogP contribution >= 0.6 is 0 Å². The lowest BCUT2D eigenvalue weighted by Gasteiger charge is -2.30. The summed E-state index contributed by atoms with van der Waals surface area (Å²) < 4.78 is 0. The third-order valence-corrected chi connectivity index (χ3v) is 5.02. The summed E-state index contributed by atoms with van der Waals surface area (Å²) in [6.45, 7) is 9.53. The van der Waals surface area contributed by atoms with Gasteiger partial charge in [0.25, 0.3) is 5.91 Å². The summed E-state index contributed by atoms with van der Waals surface area (Å²) in [6.07, 6.45) is 3.22. The average molecular weight is 338 g/mol. The van der Waals surface area contributed by atoms with Gasteiger partial charge < -0.3 is 10.6 Å². The highest BCUT2D eigenvalue weighted by Crippen LogP contribution is 2.34. The quantitative estimate of drug-likeness (QED) is 0.681. The number of rotatable bonds is 7. The highest BCUT2D eigenvalue weighted by molar-refractivity contribution is 6.09. The second-order valence-corrected chi connectivity index (χ2v) is 7.39. The minimum atomic E-state index is -0.747. The average Bonchev–Trinajstić information content (AvgIpc) is 3.04. The van der Waals surface area contributed by atoms with Crippen LogP contribution in [0.5, 0.6) is 0 Å². The van der Waals surface area contributed by atoms with E-state index in [-0.39, 0.29) is 18.4 Å². The van der Waals surface area contributed by atoms with Gasteiger partial charge >= 0.3 is 6.03 Å². The Morgan fingerprint density at radius 2 is 1.79 bits per heavy atom. The molecule has 136 valence electrons. The molecule has 0 aromatic heterocycles. The van der Waals surface area contributed by atoms with E-state index in [4.69, 9.17) is 0 Å². The van der Waals surface area contributed by atoms with Crippen molar-refractivity contribution >= 4 is 17.8 Å². The van der Waals surface area contributed by atoms with Gasteiger partial charge in [0.2, 0.25) is 5.91 Å². The fourth-order valence-corrected chi connectivity index (χ4v) is 3.77. The van der Waals surface area contributed by atoms with Gasteiger partial charge in [-0.25, -0.2) is 4.79 Å². The Hall–Kier alpha value is -1.63. The lowest BCUT2D eigenvalue weighted by atomic mass is 9.98. The molecular weight excluding hydrogens is 308 g/mol. The van der Waals surface area contributed by atoms with Gasteiger partial charge in [-0.2, -0.15) is 0 Å². The summed E-state index contributed by atoms with van der Waals surface area (Å²) >= 11 is 0. The van der Waals surface area contributed by atoms with E-state index >= 15 is 0 Å². The largest absolute Gasteiger partial charge is 0.353 e. The molecule has 4 amide bonds. The predicted octanol–water partition coefficient (Wildman–Crippen LogP) is 1.09. The van der Waals surface area contributed by atoms with E-state index in [0.29, 0.717) is 31.5 Å². The molecule has 7 heteroatoms. The van der Waals surface area contributed by atoms with Crippen LogP contribution < -0.4 is 10.6 Å². The van der Waals surface area contributed by atoms with Gasteiger partial charge in [0, 0.05) is 25.2 Å². The summed E-state index contributed by atoms with van der Waals surface area (Å²) in [7, 11) is 0. The molecule has 1 spiro atoms. The van der Waals surface area contributed by atoms with Crippen LogP contribution in [0.2, 0.25) is 0 Å². The lowest BCUT2D eigenvalue weighted by molar-refractivity contribution is -0.134. The van der Waals surface area contributed by atoms with Gasteiger partial charge in [-0.15, -0.1) is 0 Å². The fourth-order valence-electron chi connectivity index (χ4n) is 3.77. The highest BCUT2D eigenvalue weighted by Gasteiger charge is 2.52. The summed E-state index contributed by atoms with van der Waals surface area (Å²) in [5.41, 5.74) is -0.747. The van der Waals surface area contributed by atoms with Crippen molar-refractivity contribution in [1.82, 2.24) is 20.4 Å². The van der Waals surface area contributed by atoms with Gasteiger partial charge in [-0.05, 0) is 40.5 Å². The number of urea groups is 1. The van der Waals surface area contributed by atoms with Crippen LogP contribution in [0.15, 0.2) is 0 Å². The SMILES string of the molecule is CC(C)N(CCNC(=O)CN1C(=O)NC2(CCCC2)C1=O)C(C)C. The molecule has 2 rings (SSSR count). The number of carbonyl (C=O) groups is 3. The standard InChI is InChI=1S/C17H30N4O3/c1-12(2)20(13(3)4)10-9-18-14(22)11-21-15(23)17(19-16(21)24)7-5-6-8-17/h12-13H,5-11H2,1-4H3,(H,18,22)(H,19,24). The number of hydrogen-bond donors (Lipinski definition) is 2. The Balaban J connectivity index is 1.82. The van der Waals surface area contributed by atoms with Crippen LogP contribution in [-0.2, 0) is 9.59 Å². The van der Waals surface area contributed by atoms with Crippen molar-refractivity contribution < 1.29 is 14.4 Å². The van der Waals surface area contributed by atoms with Gasteiger partial charge in [0.15, 0.2) is 0 Å². The molecule has 0 bridgehead atoms. The van der Waals surface area contributed by atoms with Gasteiger partial charge in [-0.1, -0.05) is 12.8 Å². The molecule has 0 atom stereocenters. The zero-order valence-corrected chi connectivity index (χ0v) is 15.2. The molecule has 2 fully saturated rings. The van der Waals surface area contributed by atoms with Crippen molar-refractivity contribution in [3.8, 4) is 0 Å². The number of carbonyl (C=O) groups excluding carboxylic acids is 3. The second kappa shape index (κ2) is 7.51. The molecule has 1 saturated heterocycles. The van der Waals surface area contributed by atoms with Crippen LogP contribution in [0.25, 0.3) is 0 Å². The third-order valence-electron chi connectivity index (χ3n) is 5.02. The first kappa shape index (κ1) is 18.7. The molecule has 2 N–H and O–H groups in total. The van der Waals surface area contributed by atoms with E-state index < -0.39 is 11.6 Å². The summed E-state index contributed by atoms with van der Waals surface area (Å²) in [6, 6.07) is 0.355. The Morgan fingerprint density at radius 1 is 1.21 bits per heavy atom. The third kappa shape index (κ3) is 3.88. The van der Waals surface area contributed by atoms with E-state index in [1.54, 1.807) is 0 Å². The first-order valence-corrected chi connectivity index (χ1v) is 8.93. The number of imide groups is 1. The molecule has 7 nitrogen and oxygen atoms in total. The molecule has 0 unspecified atom stereocenters. The van der Waals surface area contributed by atoms with Gasteiger partial charge in [0.05, 0.1) is 0 Å².